The lowest BCUT2D eigenvalue weighted by atomic mass is 10.2. The molecule has 32 heavy (non-hydrogen) atoms. The summed E-state index contributed by atoms with van der Waals surface area (Å²) >= 11 is 7.04. The molecule has 0 aliphatic heterocycles. The zero-order valence-corrected chi connectivity index (χ0v) is 18.4. The van der Waals surface area contributed by atoms with Crippen LogP contribution in [0.25, 0.3) is 16.6 Å². The molecule has 0 saturated carbocycles. The summed E-state index contributed by atoms with van der Waals surface area (Å²) in [5, 5.41) is 0.563. The van der Waals surface area contributed by atoms with Crippen molar-refractivity contribution in [2.24, 2.45) is 14.1 Å². The van der Waals surface area contributed by atoms with Crippen LogP contribution in [0.15, 0.2) is 62.0 Å². The number of halogens is 3. The van der Waals surface area contributed by atoms with Gasteiger partial charge < -0.3 is 0 Å². The highest BCUT2D eigenvalue weighted by molar-refractivity contribution is 7.98. The summed E-state index contributed by atoms with van der Waals surface area (Å²) in [5.41, 5.74) is -1.05. The molecule has 0 amide bonds. The normalized spacial score (nSPS) is 11.3. The third-order valence-electron chi connectivity index (χ3n) is 4.92. The molecule has 4 aromatic rings. The lowest BCUT2D eigenvalue weighted by molar-refractivity contribution is 0.572. The molecule has 164 valence electrons. The molecule has 0 aliphatic rings. The molecule has 0 atom stereocenters. The van der Waals surface area contributed by atoms with Crippen LogP contribution in [0.3, 0.4) is 0 Å². The first-order chi connectivity index (χ1) is 15.2. The van der Waals surface area contributed by atoms with E-state index < -0.39 is 28.4 Å². The predicted molar refractivity (Wildman–Crippen MR) is 119 cm³/mol. The minimum absolute atomic E-state index is 0.0934. The first-order valence-corrected chi connectivity index (χ1v) is 10.6. The van der Waals surface area contributed by atoms with E-state index in [1.165, 1.54) is 30.8 Å². The predicted octanol–water partition coefficient (Wildman–Crippen LogP) is 3.01. The SMILES string of the molecule is Cn1c(CSc2nc3ccc(Cl)cc3c(=O)n2-c2ccc(F)cc2F)cc(=O)n(C)c1=O. The third kappa shape index (κ3) is 3.87. The van der Waals surface area contributed by atoms with Crippen LogP contribution in [0, 0.1) is 11.6 Å². The van der Waals surface area contributed by atoms with Gasteiger partial charge in [0.25, 0.3) is 11.1 Å². The summed E-state index contributed by atoms with van der Waals surface area (Å²) < 4.78 is 31.4. The van der Waals surface area contributed by atoms with Gasteiger partial charge in [0.15, 0.2) is 5.16 Å². The Hall–Kier alpha value is -3.24. The van der Waals surface area contributed by atoms with Gasteiger partial charge in [-0.3, -0.25) is 23.3 Å². The van der Waals surface area contributed by atoms with Crippen LogP contribution in [-0.4, -0.2) is 18.7 Å². The van der Waals surface area contributed by atoms with Crippen molar-refractivity contribution in [3.63, 3.8) is 0 Å². The summed E-state index contributed by atoms with van der Waals surface area (Å²) in [4.78, 5) is 41.9. The van der Waals surface area contributed by atoms with Crippen LogP contribution in [0.2, 0.25) is 5.02 Å². The van der Waals surface area contributed by atoms with Crippen molar-refractivity contribution in [2.75, 3.05) is 0 Å². The van der Waals surface area contributed by atoms with Crippen LogP contribution in [-0.2, 0) is 19.8 Å². The number of hydrogen-bond donors (Lipinski definition) is 0. The molecule has 2 aromatic heterocycles. The number of fused-ring (bicyclic) bond motifs is 1. The van der Waals surface area contributed by atoms with E-state index in [2.05, 4.69) is 4.98 Å². The summed E-state index contributed by atoms with van der Waals surface area (Å²) in [5.74, 6) is -1.64. The minimum Gasteiger partial charge on any atom is -0.300 e. The van der Waals surface area contributed by atoms with Crippen LogP contribution in [0.1, 0.15) is 5.69 Å². The molecule has 0 saturated heterocycles. The van der Waals surface area contributed by atoms with Gasteiger partial charge in [-0.25, -0.2) is 18.6 Å². The van der Waals surface area contributed by atoms with Crippen molar-refractivity contribution in [1.82, 2.24) is 18.7 Å². The standard InChI is InChI=1S/C21H15ClF2N4O3S/c1-26-13(9-18(29)27(2)21(26)31)10-32-20-25-16-5-3-11(22)7-14(16)19(30)28(20)17-6-4-12(23)8-15(17)24/h3-9H,10H2,1-2H3. The van der Waals surface area contributed by atoms with Gasteiger partial charge in [0.1, 0.15) is 11.6 Å². The maximum Gasteiger partial charge on any atom is 0.330 e. The Morgan fingerprint density at radius 3 is 2.47 bits per heavy atom. The fraction of sp³-hybridized carbons (Fsp3) is 0.143. The highest BCUT2D eigenvalue weighted by Crippen LogP contribution is 2.26. The average Bonchev–Trinajstić information content (AvgIpc) is 2.75. The van der Waals surface area contributed by atoms with Gasteiger partial charge in [-0.15, -0.1) is 0 Å². The quantitative estimate of drug-likeness (QED) is 0.334. The number of thioether (sulfide) groups is 1. The van der Waals surface area contributed by atoms with Gasteiger partial charge in [0, 0.05) is 42.7 Å². The molecule has 0 aliphatic carbocycles. The molecule has 4 rings (SSSR count). The van der Waals surface area contributed by atoms with E-state index in [0.29, 0.717) is 22.3 Å². The largest absolute Gasteiger partial charge is 0.330 e. The maximum absolute atomic E-state index is 14.6. The van der Waals surface area contributed by atoms with E-state index in [-0.39, 0.29) is 22.0 Å². The Kier molecular flexibility index (Phi) is 5.74. The van der Waals surface area contributed by atoms with Gasteiger partial charge in [0.2, 0.25) is 0 Å². The van der Waals surface area contributed by atoms with E-state index in [9.17, 15) is 23.2 Å². The van der Waals surface area contributed by atoms with Crippen LogP contribution < -0.4 is 16.8 Å². The monoisotopic (exact) mass is 476 g/mol. The van der Waals surface area contributed by atoms with Gasteiger partial charge in [0.05, 0.1) is 16.6 Å². The lowest BCUT2D eigenvalue weighted by Crippen LogP contribution is -2.37. The molecule has 0 radical (unpaired) electrons. The first-order valence-electron chi connectivity index (χ1n) is 9.24. The van der Waals surface area contributed by atoms with Crippen molar-refractivity contribution >= 4 is 34.3 Å². The Morgan fingerprint density at radius 2 is 1.75 bits per heavy atom. The van der Waals surface area contributed by atoms with Gasteiger partial charge in [-0.05, 0) is 30.3 Å². The summed E-state index contributed by atoms with van der Waals surface area (Å²) in [6, 6.07) is 8.69. The molecule has 0 unspecified atom stereocenters. The van der Waals surface area contributed by atoms with Gasteiger partial charge in [-0.2, -0.15) is 0 Å². The Bertz CT molecular complexity index is 1560. The molecule has 11 heteroatoms. The maximum atomic E-state index is 14.6. The van der Waals surface area contributed by atoms with E-state index >= 15 is 0 Å². The van der Waals surface area contributed by atoms with Crippen LogP contribution >= 0.6 is 23.4 Å². The molecular formula is C21H15ClF2N4O3S. The second kappa shape index (κ2) is 8.36. The Balaban J connectivity index is 1.91. The second-order valence-electron chi connectivity index (χ2n) is 6.96. The molecule has 0 bridgehead atoms. The van der Waals surface area contributed by atoms with Gasteiger partial charge in [-0.1, -0.05) is 23.4 Å². The number of rotatable bonds is 4. The molecular weight excluding hydrogens is 462 g/mol. The zero-order chi connectivity index (χ0) is 23.2. The highest BCUT2D eigenvalue weighted by Gasteiger charge is 2.18. The van der Waals surface area contributed by atoms with Crippen LogP contribution in [0.4, 0.5) is 8.78 Å². The van der Waals surface area contributed by atoms with Gasteiger partial charge >= 0.3 is 5.69 Å². The Labute approximate surface area is 188 Å². The van der Waals surface area contributed by atoms with Crippen LogP contribution in [0.5, 0.6) is 0 Å². The third-order valence-corrected chi connectivity index (χ3v) is 6.13. The van der Waals surface area contributed by atoms with E-state index in [1.807, 2.05) is 0 Å². The number of hydrogen-bond acceptors (Lipinski definition) is 5. The fourth-order valence-electron chi connectivity index (χ4n) is 3.16. The average molecular weight is 477 g/mol. The van der Waals surface area contributed by atoms with Crippen molar-refractivity contribution in [1.29, 1.82) is 0 Å². The van der Waals surface area contributed by atoms with Crippen molar-refractivity contribution in [2.45, 2.75) is 10.9 Å². The summed E-state index contributed by atoms with van der Waals surface area (Å²) in [6.45, 7) is 0. The highest BCUT2D eigenvalue weighted by atomic mass is 35.5. The van der Waals surface area contributed by atoms with Crippen molar-refractivity contribution in [3.8, 4) is 5.69 Å². The number of nitrogens with zero attached hydrogens (tertiary/aromatic N) is 4. The summed E-state index contributed by atoms with van der Waals surface area (Å²) in [7, 11) is 2.88. The first kappa shape index (κ1) is 22.0. The molecule has 2 heterocycles. The van der Waals surface area contributed by atoms with E-state index in [0.717, 1.165) is 33.0 Å². The topological polar surface area (TPSA) is 78.9 Å². The molecule has 7 nitrogen and oxygen atoms in total. The zero-order valence-electron chi connectivity index (χ0n) is 16.8. The lowest BCUT2D eigenvalue weighted by Gasteiger charge is -2.15. The van der Waals surface area contributed by atoms with E-state index in [1.54, 1.807) is 12.1 Å². The minimum atomic E-state index is -0.946. The number of aromatic nitrogens is 4. The van der Waals surface area contributed by atoms with Crippen molar-refractivity contribution < 1.29 is 8.78 Å². The number of benzene rings is 2. The second-order valence-corrected chi connectivity index (χ2v) is 8.33. The molecule has 0 fully saturated rings. The summed E-state index contributed by atoms with van der Waals surface area (Å²) in [6.07, 6.45) is 0. The molecule has 0 spiro atoms. The van der Waals surface area contributed by atoms with Crippen molar-refractivity contribution in [3.05, 3.63) is 96.0 Å². The molecule has 2 aromatic carbocycles. The Morgan fingerprint density at radius 1 is 1.00 bits per heavy atom. The molecule has 0 N–H and O–H groups in total. The fourth-order valence-corrected chi connectivity index (χ4v) is 4.36. The smallest absolute Gasteiger partial charge is 0.300 e. The van der Waals surface area contributed by atoms with E-state index in [4.69, 9.17) is 11.6 Å².